The van der Waals surface area contributed by atoms with E-state index in [-0.39, 0.29) is 11.9 Å². The molecule has 0 spiro atoms. The molecule has 24 heavy (non-hydrogen) atoms. The Morgan fingerprint density at radius 2 is 2.21 bits per heavy atom. The average molecular weight is 323 g/mol. The van der Waals surface area contributed by atoms with Gasteiger partial charge in [-0.25, -0.2) is 9.67 Å². The third-order valence-electron chi connectivity index (χ3n) is 4.06. The van der Waals surface area contributed by atoms with Gasteiger partial charge in [-0.1, -0.05) is 11.3 Å². The number of aromatic nitrogens is 4. The van der Waals surface area contributed by atoms with Crippen LogP contribution in [-0.2, 0) is 9.53 Å². The van der Waals surface area contributed by atoms with Crippen molar-refractivity contribution in [2.24, 2.45) is 0 Å². The van der Waals surface area contributed by atoms with Crippen molar-refractivity contribution < 1.29 is 9.53 Å². The Kier molecular flexibility index (Phi) is 3.70. The van der Waals surface area contributed by atoms with Crippen LogP contribution >= 0.6 is 0 Å². The van der Waals surface area contributed by atoms with E-state index < -0.39 is 0 Å². The van der Waals surface area contributed by atoms with E-state index in [9.17, 15) is 4.79 Å². The molecule has 0 bridgehead atoms. The number of ether oxygens (including phenoxy) is 1. The minimum absolute atomic E-state index is 0.0913. The van der Waals surface area contributed by atoms with Gasteiger partial charge >= 0.3 is 0 Å². The van der Waals surface area contributed by atoms with Gasteiger partial charge in [-0.2, -0.15) is 0 Å². The van der Waals surface area contributed by atoms with Crippen LogP contribution in [-0.4, -0.2) is 39.1 Å². The van der Waals surface area contributed by atoms with Gasteiger partial charge in [-0.15, -0.1) is 5.10 Å². The monoisotopic (exact) mass is 323 g/mol. The first kappa shape index (κ1) is 14.8. The van der Waals surface area contributed by atoms with Crippen molar-refractivity contribution in [3.8, 4) is 11.4 Å². The van der Waals surface area contributed by atoms with Gasteiger partial charge in [0.25, 0.3) is 0 Å². The van der Waals surface area contributed by atoms with Crippen molar-refractivity contribution >= 4 is 22.5 Å². The number of carbonyl (C=O) groups is 1. The molecule has 1 atom stereocenters. The van der Waals surface area contributed by atoms with Crippen LogP contribution < -0.4 is 5.32 Å². The number of pyridine rings is 1. The quantitative estimate of drug-likeness (QED) is 0.800. The molecule has 1 N–H and O–H groups in total. The molecule has 1 fully saturated rings. The van der Waals surface area contributed by atoms with Crippen molar-refractivity contribution in [2.45, 2.75) is 19.4 Å². The Morgan fingerprint density at radius 3 is 3.00 bits per heavy atom. The van der Waals surface area contributed by atoms with Gasteiger partial charge in [0.2, 0.25) is 5.91 Å². The first-order valence-corrected chi connectivity index (χ1v) is 7.87. The lowest BCUT2D eigenvalue weighted by Crippen LogP contribution is -2.08. The van der Waals surface area contributed by atoms with E-state index in [1.165, 1.54) is 6.92 Å². The van der Waals surface area contributed by atoms with E-state index in [0.717, 1.165) is 41.0 Å². The maximum atomic E-state index is 11.1. The lowest BCUT2D eigenvalue weighted by molar-refractivity contribution is -0.114. The Balaban J connectivity index is 1.63. The fourth-order valence-electron chi connectivity index (χ4n) is 2.85. The van der Waals surface area contributed by atoms with Crippen LogP contribution in [0.2, 0.25) is 0 Å². The standard InChI is InChI=1S/C17H17N5O2/c1-11(23)18-13-3-5-15-12(8-13)2-4-16(19-15)17-9-22(21-20-17)14-6-7-24-10-14/h2-5,8-9,14H,6-7,10H2,1H3,(H,18,23). The van der Waals surface area contributed by atoms with E-state index in [1.807, 2.05) is 41.2 Å². The molecule has 1 saturated heterocycles. The molecule has 4 rings (SSSR count). The third-order valence-corrected chi connectivity index (χ3v) is 4.06. The number of rotatable bonds is 3. The normalized spacial score (nSPS) is 17.3. The zero-order valence-electron chi connectivity index (χ0n) is 13.3. The second kappa shape index (κ2) is 6.01. The molecule has 7 nitrogen and oxygen atoms in total. The predicted molar refractivity (Wildman–Crippen MR) is 89.5 cm³/mol. The minimum atomic E-state index is -0.0913. The molecule has 3 aromatic rings. The van der Waals surface area contributed by atoms with Crippen LogP contribution in [0.4, 0.5) is 5.69 Å². The van der Waals surface area contributed by atoms with Crippen molar-refractivity contribution in [1.29, 1.82) is 0 Å². The number of hydrogen-bond donors (Lipinski definition) is 1. The summed E-state index contributed by atoms with van der Waals surface area (Å²) >= 11 is 0. The van der Waals surface area contributed by atoms with Gasteiger partial charge in [0.1, 0.15) is 5.69 Å². The molecule has 7 heteroatoms. The van der Waals surface area contributed by atoms with E-state index in [2.05, 4.69) is 20.6 Å². The second-order valence-corrected chi connectivity index (χ2v) is 5.89. The Bertz CT molecular complexity index is 899. The molecule has 0 aliphatic carbocycles. The zero-order valence-corrected chi connectivity index (χ0v) is 13.3. The highest BCUT2D eigenvalue weighted by molar-refractivity contribution is 5.92. The number of nitrogens with zero attached hydrogens (tertiary/aromatic N) is 4. The number of benzene rings is 1. The number of nitrogens with one attached hydrogen (secondary N) is 1. The number of carbonyl (C=O) groups excluding carboxylic acids is 1. The minimum Gasteiger partial charge on any atom is -0.379 e. The van der Waals surface area contributed by atoms with Crippen molar-refractivity contribution in [2.75, 3.05) is 18.5 Å². The topological polar surface area (TPSA) is 81.9 Å². The Morgan fingerprint density at radius 1 is 1.29 bits per heavy atom. The van der Waals surface area contributed by atoms with Crippen LogP contribution in [0, 0.1) is 0 Å². The van der Waals surface area contributed by atoms with Crippen molar-refractivity contribution in [3.63, 3.8) is 0 Å². The second-order valence-electron chi connectivity index (χ2n) is 5.89. The zero-order chi connectivity index (χ0) is 16.5. The molecule has 1 aliphatic rings. The summed E-state index contributed by atoms with van der Waals surface area (Å²) in [4.78, 5) is 15.8. The number of amides is 1. The summed E-state index contributed by atoms with van der Waals surface area (Å²) in [5.41, 5.74) is 3.13. The molecule has 0 radical (unpaired) electrons. The predicted octanol–water partition coefficient (Wildman–Crippen LogP) is 2.41. The SMILES string of the molecule is CC(=O)Nc1ccc2nc(-c3cn(C4CCOC4)nn3)ccc2c1. The molecule has 2 aromatic heterocycles. The molecule has 1 amide bonds. The smallest absolute Gasteiger partial charge is 0.221 e. The summed E-state index contributed by atoms with van der Waals surface area (Å²) < 4.78 is 7.24. The van der Waals surface area contributed by atoms with E-state index in [4.69, 9.17) is 4.74 Å². The van der Waals surface area contributed by atoms with Gasteiger partial charge in [-0.3, -0.25) is 4.79 Å². The van der Waals surface area contributed by atoms with Crippen molar-refractivity contribution in [3.05, 3.63) is 36.5 Å². The Labute approximate surface area is 138 Å². The largest absolute Gasteiger partial charge is 0.379 e. The lowest BCUT2D eigenvalue weighted by Gasteiger charge is -2.06. The summed E-state index contributed by atoms with van der Waals surface area (Å²) in [5, 5.41) is 12.2. The van der Waals surface area contributed by atoms with Crippen molar-refractivity contribution in [1.82, 2.24) is 20.0 Å². The third kappa shape index (κ3) is 2.85. The van der Waals surface area contributed by atoms with E-state index >= 15 is 0 Å². The first-order valence-electron chi connectivity index (χ1n) is 7.87. The molecule has 0 saturated carbocycles. The molecular weight excluding hydrogens is 306 g/mol. The van der Waals surface area contributed by atoms with Gasteiger partial charge in [-0.05, 0) is 30.7 Å². The molecular formula is C17H17N5O2. The molecule has 3 heterocycles. The molecule has 122 valence electrons. The van der Waals surface area contributed by atoms with Gasteiger partial charge in [0.05, 0.1) is 30.1 Å². The van der Waals surface area contributed by atoms with Gasteiger partial charge in [0.15, 0.2) is 0 Å². The maximum Gasteiger partial charge on any atom is 0.221 e. The molecule has 1 aromatic carbocycles. The van der Waals surface area contributed by atoms with E-state index in [1.54, 1.807) is 0 Å². The maximum absolute atomic E-state index is 11.1. The average Bonchev–Trinajstić information content (AvgIpc) is 3.25. The summed E-state index contributed by atoms with van der Waals surface area (Å²) in [7, 11) is 0. The van der Waals surface area contributed by atoms with Crippen LogP contribution in [0.5, 0.6) is 0 Å². The highest BCUT2D eigenvalue weighted by Gasteiger charge is 2.19. The number of hydrogen-bond acceptors (Lipinski definition) is 5. The van der Waals surface area contributed by atoms with E-state index in [0.29, 0.717) is 6.61 Å². The fraction of sp³-hybridized carbons (Fsp3) is 0.294. The van der Waals surface area contributed by atoms with Gasteiger partial charge < -0.3 is 10.1 Å². The lowest BCUT2D eigenvalue weighted by atomic mass is 10.1. The van der Waals surface area contributed by atoms with Crippen LogP contribution in [0.15, 0.2) is 36.5 Å². The highest BCUT2D eigenvalue weighted by Crippen LogP contribution is 2.24. The van der Waals surface area contributed by atoms with Crippen LogP contribution in [0.25, 0.3) is 22.3 Å². The summed E-state index contributed by atoms with van der Waals surface area (Å²) in [6, 6.07) is 9.78. The molecule has 1 aliphatic heterocycles. The highest BCUT2D eigenvalue weighted by atomic mass is 16.5. The fourth-order valence-corrected chi connectivity index (χ4v) is 2.85. The Hall–Kier alpha value is -2.80. The van der Waals surface area contributed by atoms with Crippen LogP contribution in [0.1, 0.15) is 19.4 Å². The summed E-state index contributed by atoms with van der Waals surface area (Å²) in [6.07, 6.45) is 2.87. The summed E-state index contributed by atoms with van der Waals surface area (Å²) in [6.45, 7) is 2.94. The first-order chi connectivity index (χ1) is 11.7. The number of anilines is 1. The number of fused-ring (bicyclic) bond motifs is 1. The summed E-state index contributed by atoms with van der Waals surface area (Å²) in [5.74, 6) is -0.0913. The molecule has 1 unspecified atom stereocenters. The van der Waals surface area contributed by atoms with Crippen LogP contribution in [0.3, 0.4) is 0 Å². The van der Waals surface area contributed by atoms with Gasteiger partial charge in [0, 0.05) is 24.6 Å².